The molecule has 1 N–H and O–H groups in total. The van der Waals surface area contributed by atoms with Crippen LogP contribution in [-0.4, -0.2) is 43.8 Å². The summed E-state index contributed by atoms with van der Waals surface area (Å²) in [5.41, 5.74) is 1.99. The van der Waals surface area contributed by atoms with Crippen LogP contribution in [0.5, 0.6) is 0 Å². The van der Waals surface area contributed by atoms with E-state index < -0.39 is 28.5 Å². The van der Waals surface area contributed by atoms with E-state index in [0.29, 0.717) is 6.42 Å². The van der Waals surface area contributed by atoms with Crippen LogP contribution in [0.1, 0.15) is 56.6 Å². The lowest BCUT2D eigenvalue weighted by atomic mass is 9.95. The van der Waals surface area contributed by atoms with Crippen LogP contribution in [0.15, 0.2) is 77.7 Å². The number of carbonyl (C=O) groups is 2. The van der Waals surface area contributed by atoms with Crippen LogP contribution in [0.3, 0.4) is 0 Å². The highest BCUT2D eigenvalue weighted by molar-refractivity contribution is 7.92. The zero-order valence-corrected chi connectivity index (χ0v) is 26.3. The van der Waals surface area contributed by atoms with Crippen molar-refractivity contribution in [3.8, 4) is 0 Å². The third-order valence-electron chi connectivity index (χ3n) is 7.68. The first-order valence-electron chi connectivity index (χ1n) is 14.3. The summed E-state index contributed by atoms with van der Waals surface area (Å²) in [7, 11) is -4.20. The minimum absolute atomic E-state index is 0.0152. The smallest absolute Gasteiger partial charge is 0.264 e. The summed E-state index contributed by atoms with van der Waals surface area (Å²) in [6, 6.07) is 19.2. The quantitative estimate of drug-likeness (QED) is 0.254. The Balaban J connectivity index is 1.73. The minimum Gasteiger partial charge on any atom is -0.352 e. The first-order valence-corrected chi connectivity index (χ1v) is 16.5. The number of nitrogens with zero attached hydrogens (tertiary/aromatic N) is 2. The summed E-state index contributed by atoms with van der Waals surface area (Å²) in [6.45, 7) is 3.41. The van der Waals surface area contributed by atoms with Gasteiger partial charge in [-0.2, -0.15) is 0 Å². The third-order valence-corrected chi connectivity index (χ3v) is 9.91. The molecule has 7 nitrogen and oxygen atoms in total. The number of benzene rings is 3. The molecule has 0 unspecified atom stereocenters. The highest BCUT2D eigenvalue weighted by atomic mass is 35.5. The van der Waals surface area contributed by atoms with Gasteiger partial charge in [-0.15, -0.1) is 0 Å². The molecule has 0 radical (unpaired) electrons. The van der Waals surface area contributed by atoms with E-state index in [1.165, 1.54) is 35.2 Å². The van der Waals surface area contributed by atoms with Gasteiger partial charge in [0.1, 0.15) is 12.6 Å². The van der Waals surface area contributed by atoms with Crippen LogP contribution >= 0.6 is 23.2 Å². The standard InChI is InChI=1S/C32H37Cl2N3O4S/c1-3-30(32(39)35-27-14-6-4-7-15-27)36(21-24-13-11-10-12-23(24)2)31(38)22-37(28-19-25(33)18-26(34)20-28)42(40,41)29-16-8-5-9-17-29/h5,8-13,16-20,27,30H,3-4,6-7,14-15,21-22H2,1-2H3,(H,35,39)/t30-/m0/s1. The van der Waals surface area contributed by atoms with Gasteiger partial charge < -0.3 is 10.2 Å². The van der Waals surface area contributed by atoms with Gasteiger partial charge in [-0.1, -0.05) is 91.9 Å². The Kier molecular flexibility index (Phi) is 10.9. The average molecular weight is 631 g/mol. The van der Waals surface area contributed by atoms with E-state index in [9.17, 15) is 18.0 Å². The number of amides is 2. The third kappa shape index (κ3) is 7.85. The fourth-order valence-electron chi connectivity index (χ4n) is 5.37. The SMILES string of the molecule is CC[C@@H](C(=O)NC1CCCCC1)N(Cc1ccccc1C)C(=O)CN(c1cc(Cl)cc(Cl)c1)S(=O)(=O)c1ccccc1. The van der Waals surface area contributed by atoms with Crippen LogP contribution in [-0.2, 0) is 26.2 Å². The number of anilines is 1. The van der Waals surface area contributed by atoms with Gasteiger partial charge in [-0.25, -0.2) is 8.42 Å². The summed E-state index contributed by atoms with van der Waals surface area (Å²) in [5, 5.41) is 3.62. The lowest BCUT2D eigenvalue weighted by Gasteiger charge is -2.34. The number of rotatable bonds is 11. The van der Waals surface area contributed by atoms with Gasteiger partial charge in [0.25, 0.3) is 10.0 Å². The summed E-state index contributed by atoms with van der Waals surface area (Å²) in [5.74, 6) is -0.742. The second kappa shape index (κ2) is 14.4. The van der Waals surface area contributed by atoms with Crippen LogP contribution in [0.4, 0.5) is 5.69 Å². The van der Waals surface area contributed by atoms with E-state index in [2.05, 4.69) is 5.32 Å². The first kappa shape index (κ1) is 31.9. The maximum absolute atomic E-state index is 14.3. The van der Waals surface area contributed by atoms with Gasteiger partial charge >= 0.3 is 0 Å². The number of carbonyl (C=O) groups excluding carboxylic acids is 2. The van der Waals surface area contributed by atoms with Crippen molar-refractivity contribution in [1.82, 2.24) is 10.2 Å². The number of sulfonamides is 1. The molecule has 1 aliphatic rings. The number of nitrogens with one attached hydrogen (secondary N) is 1. The lowest BCUT2D eigenvalue weighted by Crippen LogP contribution is -2.54. The summed E-state index contributed by atoms with van der Waals surface area (Å²) in [6.07, 6.45) is 5.45. The van der Waals surface area contributed by atoms with Gasteiger partial charge in [0, 0.05) is 22.6 Å². The van der Waals surface area contributed by atoms with Crippen molar-refractivity contribution in [2.24, 2.45) is 0 Å². The molecule has 0 spiro atoms. The number of hydrogen-bond acceptors (Lipinski definition) is 4. The van der Waals surface area contributed by atoms with E-state index in [0.717, 1.165) is 47.5 Å². The minimum atomic E-state index is -4.20. The highest BCUT2D eigenvalue weighted by Gasteiger charge is 2.34. The molecule has 10 heteroatoms. The molecular formula is C32H37Cl2N3O4S. The van der Waals surface area contributed by atoms with E-state index in [4.69, 9.17) is 23.2 Å². The molecule has 0 aromatic heterocycles. The monoisotopic (exact) mass is 629 g/mol. The molecule has 0 saturated heterocycles. The molecule has 0 bridgehead atoms. The van der Waals surface area contributed by atoms with Crippen molar-refractivity contribution in [1.29, 1.82) is 0 Å². The fourth-order valence-corrected chi connectivity index (χ4v) is 7.30. The van der Waals surface area contributed by atoms with Crippen molar-refractivity contribution >= 4 is 50.7 Å². The fraction of sp³-hybridized carbons (Fsp3) is 0.375. The second-order valence-corrected chi connectivity index (χ2v) is 13.4. The average Bonchev–Trinajstić information content (AvgIpc) is 2.97. The van der Waals surface area contributed by atoms with Crippen molar-refractivity contribution in [2.45, 2.75) is 75.9 Å². The van der Waals surface area contributed by atoms with Crippen LogP contribution in [0, 0.1) is 6.92 Å². The molecule has 1 saturated carbocycles. The van der Waals surface area contributed by atoms with Crippen LogP contribution in [0.25, 0.3) is 0 Å². The van der Waals surface area contributed by atoms with Crippen molar-refractivity contribution in [2.75, 3.05) is 10.8 Å². The van der Waals surface area contributed by atoms with Crippen molar-refractivity contribution in [3.63, 3.8) is 0 Å². The second-order valence-electron chi connectivity index (χ2n) is 10.7. The summed E-state index contributed by atoms with van der Waals surface area (Å²) in [4.78, 5) is 29.4. The Morgan fingerprint density at radius 2 is 1.55 bits per heavy atom. The number of halogens is 2. The van der Waals surface area contributed by atoms with E-state index in [1.54, 1.807) is 18.2 Å². The molecule has 0 heterocycles. The van der Waals surface area contributed by atoms with Crippen LogP contribution in [0.2, 0.25) is 10.0 Å². The summed E-state index contributed by atoms with van der Waals surface area (Å²) >= 11 is 12.5. The predicted molar refractivity (Wildman–Crippen MR) is 168 cm³/mol. The van der Waals surface area contributed by atoms with Gasteiger partial charge in [-0.05, 0) is 67.6 Å². The zero-order valence-electron chi connectivity index (χ0n) is 23.9. The Morgan fingerprint density at radius 3 is 2.17 bits per heavy atom. The molecule has 1 atom stereocenters. The normalized spacial score (nSPS) is 14.7. The molecule has 4 rings (SSSR count). The maximum Gasteiger partial charge on any atom is 0.264 e. The predicted octanol–water partition coefficient (Wildman–Crippen LogP) is 6.75. The Hall–Kier alpha value is -3.07. The van der Waals surface area contributed by atoms with E-state index in [-0.39, 0.29) is 39.1 Å². The largest absolute Gasteiger partial charge is 0.352 e. The van der Waals surface area contributed by atoms with E-state index in [1.807, 2.05) is 38.1 Å². The topological polar surface area (TPSA) is 86.8 Å². The Bertz CT molecular complexity index is 1470. The zero-order chi connectivity index (χ0) is 30.3. The van der Waals surface area contributed by atoms with Gasteiger partial charge in [-0.3, -0.25) is 13.9 Å². The van der Waals surface area contributed by atoms with E-state index >= 15 is 0 Å². The molecule has 2 amide bonds. The Morgan fingerprint density at radius 1 is 0.929 bits per heavy atom. The molecular weight excluding hydrogens is 593 g/mol. The van der Waals surface area contributed by atoms with Crippen molar-refractivity contribution < 1.29 is 18.0 Å². The van der Waals surface area contributed by atoms with Gasteiger partial charge in [0.05, 0.1) is 10.6 Å². The molecule has 1 fully saturated rings. The van der Waals surface area contributed by atoms with Gasteiger partial charge in [0.2, 0.25) is 11.8 Å². The first-order chi connectivity index (χ1) is 20.1. The molecule has 224 valence electrons. The van der Waals surface area contributed by atoms with Crippen molar-refractivity contribution in [3.05, 3.63) is 94.0 Å². The molecule has 3 aromatic carbocycles. The molecule has 3 aromatic rings. The number of hydrogen-bond donors (Lipinski definition) is 1. The lowest BCUT2D eigenvalue weighted by molar-refractivity contribution is -0.140. The molecule has 0 aliphatic heterocycles. The van der Waals surface area contributed by atoms with Crippen LogP contribution < -0.4 is 9.62 Å². The maximum atomic E-state index is 14.3. The summed E-state index contributed by atoms with van der Waals surface area (Å²) < 4.78 is 28.9. The highest BCUT2D eigenvalue weighted by Crippen LogP contribution is 2.30. The van der Waals surface area contributed by atoms with Gasteiger partial charge in [0.15, 0.2) is 0 Å². The molecule has 42 heavy (non-hydrogen) atoms. The Labute approximate surface area is 258 Å². The number of aryl methyl sites for hydroxylation is 1. The molecule has 1 aliphatic carbocycles.